The Hall–Kier alpha value is -1.54. The topological polar surface area (TPSA) is 87.2 Å². The molecular formula is C15H25N5O2S. The Morgan fingerprint density at radius 3 is 2.96 bits per heavy atom. The highest BCUT2D eigenvalue weighted by molar-refractivity contribution is 7.15. The zero-order chi connectivity index (χ0) is 16.8. The third-order valence-corrected chi connectivity index (χ3v) is 4.59. The molecule has 1 atom stereocenters. The lowest BCUT2D eigenvalue weighted by molar-refractivity contribution is -0.126. The minimum atomic E-state index is -0.242. The van der Waals surface area contributed by atoms with E-state index in [0.717, 1.165) is 37.2 Å². The Morgan fingerprint density at radius 1 is 1.43 bits per heavy atom. The van der Waals surface area contributed by atoms with Crippen LogP contribution < -0.4 is 10.6 Å². The van der Waals surface area contributed by atoms with Crippen LogP contribution >= 0.6 is 11.3 Å². The second kappa shape index (κ2) is 8.35. The molecule has 7 nitrogen and oxygen atoms in total. The highest BCUT2D eigenvalue weighted by Crippen LogP contribution is 2.18. The van der Waals surface area contributed by atoms with Crippen LogP contribution in [0, 0.1) is 5.92 Å². The molecule has 0 aromatic carbocycles. The number of anilines is 1. The Balaban J connectivity index is 1.85. The first-order chi connectivity index (χ1) is 11.0. The number of carbonyl (C=O) groups excluding carboxylic acids is 2. The van der Waals surface area contributed by atoms with Gasteiger partial charge in [-0.2, -0.15) is 0 Å². The molecule has 0 saturated carbocycles. The van der Waals surface area contributed by atoms with E-state index in [2.05, 4.69) is 34.7 Å². The molecule has 1 aliphatic heterocycles. The van der Waals surface area contributed by atoms with Crippen LogP contribution in [0.2, 0.25) is 0 Å². The van der Waals surface area contributed by atoms with Gasteiger partial charge in [0, 0.05) is 13.0 Å². The van der Waals surface area contributed by atoms with Gasteiger partial charge in [-0.25, -0.2) is 0 Å². The lowest BCUT2D eigenvalue weighted by Crippen LogP contribution is -2.46. The number of likely N-dealkylation sites (N-methyl/N-ethyl adjacent to an activating group) is 1. The van der Waals surface area contributed by atoms with E-state index in [4.69, 9.17) is 0 Å². The molecule has 1 aromatic heterocycles. The fraction of sp³-hybridized carbons (Fsp3) is 0.733. The summed E-state index contributed by atoms with van der Waals surface area (Å²) in [6.07, 6.45) is 3.62. The van der Waals surface area contributed by atoms with Crippen molar-refractivity contribution in [1.82, 2.24) is 20.4 Å². The third kappa shape index (κ3) is 5.54. The SMILES string of the molecule is CC(C)Cc1nnc(NC(=O)CN(C)[C@H]2CCCCNC2=O)s1. The van der Waals surface area contributed by atoms with Gasteiger partial charge in [-0.1, -0.05) is 25.2 Å². The van der Waals surface area contributed by atoms with E-state index in [-0.39, 0.29) is 24.4 Å². The second-order valence-electron chi connectivity index (χ2n) is 6.36. The number of nitrogens with zero attached hydrogens (tertiary/aromatic N) is 3. The summed E-state index contributed by atoms with van der Waals surface area (Å²) in [6.45, 7) is 5.12. The van der Waals surface area contributed by atoms with E-state index in [1.54, 1.807) is 11.9 Å². The van der Waals surface area contributed by atoms with E-state index in [0.29, 0.717) is 11.0 Å². The Kier molecular flexibility index (Phi) is 6.47. The molecule has 0 aliphatic carbocycles. The van der Waals surface area contributed by atoms with Crippen LogP contribution in [-0.4, -0.2) is 53.1 Å². The van der Waals surface area contributed by atoms with Crippen LogP contribution in [0.5, 0.6) is 0 Å². The van der Waals surface area contributed by atoms with Crippen LogP contribution in [0.4, 0.5) is 5.13 Å². The van der Waals surface area contributed by atoms with Crippen LogP contribution in [0.15, 0.2) is 0 Å². The highest BCUT2D eigenvalue weighted by Gasteiger charge is 2.26. The number of rotatable bonds is 6. The molecule has 2 rings (SSSR count). The number of amides is 2. The minimum absolute atomic E-state index is 0.00735. The largest absolute Gasteiger partial charge is 0.355 e. The smallest absolute Gasteiger partial charge is 0.240 e. The van der Waals surface area contributed by atoms with E-state index < -0.39 is 0 Å². The van der Waals surface area contributed by atoms with E-state index in [9.17, 15) is 9.59 Å². The molecule has 23 heavy (non-hydrogen) atoms. The van der Waals surface area contributed by atoms with Gasteiger partial charge in [-0.05, 0) is 32.2 Å². The van der Waals surface area contributed by atoms with Gasteiger partial charge >= 0.3 is 0 Å². The van der Waals surface area contributed by atoms with Gasteiger partial charge in [0.2, 0.25) is 16.9 Å². The third-order valence-electron chi connectivity index (χ3n) is 3.73. The molecule has 1 saturated heterocycles. The average Bonchev–Trinajstić information content (AvgIpc) is 2.76. The normalized spacial score (nSPS) is 18.8. The van der Waals surface area contributed by atoms with Gasteiger partial charge in [0.15, 0.2) is 0 Å². The first-order valence-electron chi connectivity index (χ1n) is 8.06. The van der Waals surface area contributed by atoms with Crippen molar-refractivity contribution in [1.29, 1.82) is 0 Å². The van der Waals surface area contributed by atoms with Crippen molar-refractivity contribution in [2.45, 2.75) is 45.6 Å². The van der Waals surface area contributed by atoms with Gasteiger partial charge in [0.1, 0.15) is 5.01 Å². The Bertz CT molecular complexity index is 546. The lowest BCUT2D eigenvalue weighted by Gasteiger charge is -2.24. The van der Waals surface area contributed by atoms with Crippen molar-refractivity contribution in [3.8, 4) is 0 Å². The molecular weight excluding hydrogens is 314 g/mol. The monoisotopic (exact) mass is 339 g/mol. The van der Waals surface area contributed by atoms with Crippen LogP contribution in [0.3, 0.4) is 0 Å². The summed E-state index contributed by atoms with van der Waals surface area (Å²) in [5, 5.41) is 15.2. The second-order valence-corrected chi connectivity index (χ2v) is 7.43. The zero-order valence-corrected chi connectivity index (χ0v) is 14.8. The summed E-state index contributed by atoms with van der Waals surface area (Å²) in [4.78, 5) is 25.9. The highest BCUT2D eigenvalue weighted by atomic mass is 32.1. The van der Waals surface area contributed by atoms with E-state index in [1.807, 2.05) is 0 Å². The van der Waals surface area contributed by atoms with Gasteiger partial charge in [-0.3, -0.25) is 19.8 Å². The molecule has 0 bridgehead atoms. The van der Waals surface area contributed by atoms with Gasteiger partial charge in [0.05, 0.1) is 12.6 Å². The molecule has 2 amide bonds. The molecule has 1 aliphatic rings. The van der Waals surface area contributed by atoms with Crippen molar-refractivity contribution in [2.24, 2.45) is 5.92 Å². The Labute approximate surface area is 140 Å². The molecule has 128 valence electrons. The summed E-state index contributed by atoms with van der Waals surface area (Å²) in [5.74, 6) is 0.344. The van der Waals surface area contributed by atoms with Crippen LogP contribution in [0.25, 0.3) is 0 Å². The molecule has 8 heteroatoms. The van der Waals surface area contributed by atoms with Crippen molar-refractivity contribution < 1.29 is 9.59 Å². The van der Waals surface area contributed by atoms with Crippen LogP contribution in [-0.2, 0) is 16.0 Å². The number of carbonyl (C=O) groups is 2. The fourth-order valence-electron chi connectivity index (χ4n) is 2.58. The molecule has 0 spiro atoms. The maximum absolute atomic E-state index is 12.1. The first-order valence-corrected chi connectivity index (χ1v) is 8.87. The molecule has 1 aromatic rings. The first kappa shape index (κ1) is 17.8. The molecule has 0 unspecified atom stereocenters. The summed E-state index contributed by atoms with van der Waals surface area (Å²) < 4.78 is 0. The molecule has 1 fully saturated rings. The number of nitrogens with one attached hydrogen (secondary N) is 2. The van der Waals surface area contributed by atoms with Crippen molar-refractivity contribution in [3.05, 3.63) is 5.01 Å². The zero-order valence-electron chi connectivity index (χ0n) is 14.0. The van der Waals surface area contributed by atoms with Crippen molar-refractivity contribution in [2.75, 3.05) is 25.5 Å². The summed E-state index contributed by atoms with van der Waals surface area (Å²) in [6, 6.07) is -0.242. The summed E-state index contributed by atoms with van der Waals surface area (Å²) in [7, 11) is 1.80. The summed E-state index contributed by atoms with van der Waals surface area (Å²) in [5.41, 5.74) is 0. The molecule has 0 radical (unpaired) electrons. The number of aromatic nitrogens is 2. The van der Waals surface area contributed by atoms with Crippen molar-refractivity contribution >= 4 is 28.3 Å². The fourth-order valence-corrected chi connectivity index (χ4v) is 3.54. The predicted octanol–water partition coefficient (Wildman–Crippen LogP) is 1.28. The number of hydrogen-bond donors (Lipinski definition) is 2. The Morgan fingerprint density at radius 2 is 2.22 bits per heavy atom. The number of hydrogen-bond acceptors (Lipinski definition) is 6. The van der Waals surface area contributed by atoms with Crippen molar-refractivity contribution in [3.63, 3.8) is 0 Å². The van der Waals surface area contributed by atoms with Crippen LogP contribution in [0.1, 0.15) is 38.1 Å². The summed E-state index contributed by atoms with van der Waals surface area (Å²) >= 11 is 1.40. The van der Waals surface area contributed by atoms with Gasteiger partial charge < -0.3 is 5.32 Å². The minimum Gasteiger partial charge on any atom is -0.355 e. The van der Waals surface area contributed by atoms with Gasteiger partial charge in [0.25, 0.3) is 0 Å². The average molecular weight is 339 g/mol. The van der Waals surface area contributed by atoms with E-state index >= 15 is 0 Å². The quantitative estimate of drug-likeness (QED) is 0.815. The maximum Gasteiger partial charge on any atom is 0.240 e. The maximum atomic E-state index is 12.1. The molecule has 2 heterocycles. The lowest BCUT2D eigenvalue weighted by atomic mass is 10.1. The van der Waals surface area contributed by atoms with Gasteiger partial charge in [-0.15, -0.1) is 10.2 Å². The van der Waals surface area contributed by atoms with E-state index in [1.165, 1.54) is 11.3 Å². The molecule has 2 N–H and O–H groups in total. The predicted molar refractivity (Wildman–Crippen MR) is 90.4 cm³/mol. The standard InChI is InChI=1S/C15H25N5O2S/c1-10(2)8-13-18-19-15(23-13)17-12(21)9-20(3)11-6-4-5-7-16-14(11)22/h10-11H,4-9H2,1-3H3,(H,16,22)(H,17,19,21)/t11-/m0/s1.